The van der Waals surface area contributed by atoms with E-state index in [1.54, 1.807) is 0 Å². The molecule has 2 aliphatic rings. The highest BCUT2D eigenvalue weighted by molar-refractivity contribution is 5.97. The van der Waals surface area contributed by atoms with Crippen molar-refractivity contribution in [1.29, 1.82) is 0 Å². The molecule has 0 bridgehead atoms. The standard InChI is InChI=1S/C31H34F2N2O4/c1-15-20(8-9-22-27(15)34-10-11-38-22)23-16(2)24-26-18(12-19(32)13-21(26)33)14-35(7)28(24)17(3)25(23)29(30(36)37)39-31(4,5)6/h8-9,12-13,29,34H,10-11,14H2,1-7H3,(H,36,37)/t29-/m0/s1. The Balaban J connectivity index is 1.93. The Bertz CT molecular complexity index is 1510. The second-order valence-electron chi connectivity index (χ2n) is 11.4. The molecule has 0 unspecified atom stereocenters. The van der Waals surface area contributed by atoms with E-state index in [2.05, 4.69) is 5.32 Å². The molecule has 0 amide bonds. The highest BCUT2D eigenvalue weighted by atomic mass is 19.1. The van der Waals surface area contributed by atoms with E-state index in [1.165, 1.54) is 6.07 Å². The molecular weight excluding hydrogens is 502 g/mol. The van der Waals surface area contributed by atoms with Crippen LogP contribution < -0.4 is 15.0 Å². The minimum atomic E-state index is -1.28. The van der Waals surface area contributed by atoms with Gasteiger partial charge >= 0.3 is 5.97 Å². The van der Waals surface area contributed by atoms with Crippen LogP contribution in [0.25, 0.3) is 22.3 Å². The molecule has 206 valence electrons. The fourth-order valence-electron chi connectivity index (χ4n) is 6.05. The second-order valence-corrected chi connectivity index (χ2v) is 11.4. The summed E-state index contributed by atoms with van der Waals surface area (Å²) in [5.41, 5.74) is 6.58. The Hall–Kier alpha value is -3.65. The summed E-state index contributed by atoms with van der Waals surface area (Å²) < 4.78 is 41.8. The predicted octanol–water partition coefficient (Wildman–Crippen LogP) is 6.92. The Kier molecular flexibility index (Phi) is 6.58. The average molecular weight is 537 g/mol. The maximum atomic E-state index is 15.5. The lowest BCUT2D eigenvalue weighted by atomic mass is 9.78. The lowest BCUT2D eigenvalue weighted by Crippen LogP contribution is -2.30. The molecule has 0 spiro atoms. The van der Waals surface area contributed by atoms with Gasteiger partial charge in [-0.3, -0.25) is 0 Å². The summed E-state index contributed by atoms with van der Waals surface area (Å²) in [6, 6.07) is 6.07. The van der Waals surface area contributed by atoms with Crippen molar-refractivity contribution in [3.05, 3.63) is 63.7 Å². The third kappa shape index (κ3) is 4.50. The van der Waals surface area contributed by atoms with Crippen molar-refractivity contribution in [2.45, 2.75) is 59.8 Å². The first-order valence-corrected chi connectivity index (χ1v) is 13.1. The van der Waals surface area contributed by atoms with E-state index in [0.29, 0.717) is 57.8 Å². The van der Waals surface area contributed by atoms with E-state index in [4.69, 9.17) is 9.47 Å². The number of hydrogen-bond donors (Lipinski definition) is 2. The van der Waals surface area contributed by atoms with Crippen LogP contribution in [0.3, 0.4) is 0 Å². The number of anilines is 2. The van der Waals surface area contributed by atoms with Gasteiger partial charge in [0.25, 0.3) is 0 Å². The number of hydrogen-bond acceptors (Lipinski definition) is 5. The number of aliphatic carboxylic acids is 1. The van der Waals surface area contributed by atoms with Gasteiger partial charge in [0.1, 0.15) is 24.0 Å². The number of benzene rings is 3. The van der Waals surface area contributed by atoms with Gasteiger partial charge < -0.3 is 24.8 Å². The largest absolute Gasteiger partial charge is 0.490 e. The number of carboxylic acids is 1. The van der Waals surface area contributed by atoms with E-state index >= 15 is 4.39 Å². The predicted molar refractivity (Wildman–Crippen MR) is 149 cm³/mol. The maximum Gasteiger partial charge on any atom is 0.337 e. The quantitative estimate of drug-likeness (QED) is 0.377. The summed E-state index contributed by atoms with van der Waals surface area (Å²) >= 11 is 0. The summed E-state index contributed by atoms with van der Waals surface area (Å²) in [7, 11) is 1.85. The molecule has 6 nitrogen and oxygen atoms in total. The zero-order chi connectivity index (χ0) is 28.4. The summed E-state index contributed by atoms with van der Waals surface area (Å²) in [5, 5.41) is 13.9. The number of fused-ring (bicyclic) bond motifs is 4. The first-order valence-electron chi connectivity index (χ1n) is 13.1. The number of nitrogens with zero attached hydrogens (tertiary/aromatic N) is 1. The molecule has 3 aromatic carbocycles. The fourth-order valence-corrected chi connectivity index (χ4v) is 6.05. The Labute approximate surface area is 227 Å². The Morgan fingerprint density at radius 2 is 1.79 bits per heavy atom. The smallest absolute Gasteiger partial charge is 0.337 e. The third-order valence-corrected chi connectivity index (χ3v) is 7.51. The van der Waals surface area contributed by atoms with Gasteiger partial charge in [0.15, 0.2) is 6.10 Å². The third-order valence-electron chi connectivity index (χ3n) is 7.51. The number of carboxylic acid groups (broad SMARTS) is 1. The SMILES string of the molecule is Cc1c(-c2c(C)c3c(c(C)c2[C@H](OC(C)(C)C)C(=O)O)N(C)Cc2cc(F)cc(F)c2-3)ccc2c1NCCO2. The molecular formula is C31H34F2N2O4. The number of nitrogens with one attached hydrogen (secondary N) is 1. The van der Waals surface area contributed by atoms with Crippen LogP contribution in [0.5, 0.6) is 5.75 Å². The van der Waals surface area contributed by atoms with E-state index in [1.807, 2.05) is 65.6 Å². The van der Waals surface area contributed by atoms with Gasteiger partial charge in [0, 0.05) is 48.6 Å². The summed E-state index contributed by atoms with van der Waals surface area (Å²) in [5.74, 6) is -1.66. The first-order chi connectivity index (χ1) is 18.3. The van der Waals surface area contributed by atoms with Crippen LogP contribution in [-0.4, -0.2) is 36.9 Å². The van der Waals surface area contributed by atoms with Gasteiger partial charge in [-0.25, -0.2) is 13.6 Å². The molecule has 0 saturated carbocycles. The van der Waals surface area contributed by atoms with Crippen molar-refractivity contribution in [1.82, 2.24) is 0 Å². The molecule has 0 aliphatic carbocycles. The average Bonchev–Trinajstić information content (AvgIpc) is 2.84. The van der Waals surface area contributed by atoms with Gasteiger partial charge in [0.05, 0.1) is 11.3 Å². The number of ether oxygens (including phenoxy) is 2. The van der Waals surface area contributed by atoms with Crippen LogP contribution >= 0.6 is 0 Å². The van der Waals surface area contributed by atoms with E-state index in [0.717, 1.165) is 28.6 Å². The highest BCUT2D eigenvalue weighted by Crippen LogP contribution is 2.52. The van der Waals surface area contributed by atoms with Crippen molar-refractivity contribution in [3.63, 3.8) is 0 Å². The number of rotatable bonds is 4. The van der Waals surface area contributed by atoms with Crippen LogP contribution in [0.15, 0.2) is 24.3 Å². The number of carbonyl (C=O) groups is 1. The van der Waals surface area contributed by atoms with E-state index in [9.17, 15) is 14.3 Å². The zero-order valence-electron chi connectivity index (χ0n) is 23.4. The monoisotopic (exact) mass is 536 g/mol. The van der Waals surface area contributed by atoms with Crippen molar-refractivity contribution in [2.24, 2.45) is 0 Å². The van der Waals surface area contributed by atoms with Gasteiger partial charge in [-0.15, -0.1) is 0 Å². The molecule has 8 heteroatoms. The van der Waals surface area contributed by atoms with Crippen LogP contribution in [0, 0.1) is 32.4 Å². The van der Waals surface area contributed by atoms with Crippen molar-refractivity contribution in [2.75, 3.05) is 30.4 Å². The number of halogens is 2. The van der Waals surface area contributed by atoms with Gasteiger partial charge in [-0.1, -0.05) is 6.07 Å². The molecule has 2 aliphatic heterocycles. The van der Waals surface area contributed by atoms with Crippen molar-refractivity contribution >= 4 is 17.3 Å². The minimum absolute atomic E-state index is 0.285. The molecule has 0 radical (unpaired) electrons. The molecule has 1 atom stereocenters. The van der Waals surface area contributed by atoms with Crippen LogP contribution in [-0.2, 0) is 16.1 Å². The second kappa shape index (κ2) is 9.52. The van der Waals surface area contributed by atoms with Gasteiger partial charge in [-0.2, -0.15) is 0 Å². The van der Waals surface area contributed by atoms with E-state index in [-0.39, 0.29) is 6.54 Å². The Morgan fingerprint density at radius 1 is 1.08 bits per heavy atom. The molecule has 39 heavy (non-hydrogen) atoms. The highest BCUT2D eigenvalue weighted by Gasteiger charge is 2.37. The summed E-state index contributed by atoms with van der Waals surface area (Å²) in [4.78, 5) is 14.7. The normalized spacial score (nSPS) is 15.1. The maximum absolute atomic E-state index is 15.5. The van der Waals surface area contributed by atoms with Gasteiger partial charge in [-0.05, 0) is 87.1 Å². The molecule has 2 N–H and O–H groups in total. The van der Waals surface area contributed by atoms with E-state index < -0.39 is 29.3 Å². The first kappa shape index (κ1) is 26.9. The molecule has 0 saturated heterocycles. The van der Waals surface area contributed by atoms with Crippen LogP contribution in [0.2, 0.25) is 0 Å². The lowest BCUT2D eigenvalue weighted by molar-refractivity contribution is -0.160. The molecule has 0 aromatic heterocycles. The molecule has 2 heterocycles. The summed E-state index contributed by atoms with van der Waals surface area (Å²) in [6.45, 7) is 12.6. The molecule has 3 aromatic rings. The molecule has 0 fully saturated rings. The van der Waals surface area contributed by atoms with Crippen molar-refractivity contribution in [3.8, 4) is 28.0 Å². The molecule has 5 rings (SSSR count). The minimum Gasteiger partial charge on any atom is -0.490 e. The fraction of sp³-hybridized carbons (Fsp3) is 0.387. The zero-order valence-corrected chi connectivity index (χ0v) is 23.4. The van der Waals surface area contributed by atoms with Crippen LogP contribution in [0.1, 0.15) is 54.7 Å². The van der Waals surface area contributed by atoms with Crippen molar-refractivity contribution < 1.29 is 28.2 Å². The van der Waals surface area contributed by atoms with Gasteiger partial charge in [0.2, 0.25) is 0 Å². The summed E-state index contributed by atoms with van der Waals surface area (Å²) in [6.07, 6.45) is -1.28. The van der Waals surface area contributed by atoms with Crippen LogP contribution in [0.4, 0.5) is 20.2 Å². The topological polar surface area (TPSA) is 71.0 Å². The Morgan fingerprint density at radius 3 is 2.46 bits per heavy atom. The lowest BCUT2D eigenvalue weighted by Gasteiger charge is -2.37.